The highest BCUT2D eigenvalue weighted by molar-refractivity contribution is 5.39. The molecule has 0 aliphatic carbocycles. The van der Waals surface area contributed by atoms with Gasteiger partial charge < -0.3 is 10.5 Å². The molecule has 2 nitrogen and oxygen atoms in total. The first-order chi connectivity index (χ1) is 7.68. The molecule has 1 aliphatic heterocycles. The van der Waals surface area contributed by atoms with E-state index in [1.165, 1.54) is 5.56 Å². The quantitative estimate of drug-likeness (QED) is 0.845. The second-order valence-corrected chi connectivity index (χ2v) is 5.03. The molecule has 1 aliphatic rings. The second-order valence-electron chi connectivity index (χ2n) is 5.03. The predicted octanol–water partition coefficient (Wildman–Crippen LogP) is 2.93. The van der Waals surface area contributed by atoms with Gasteiger partial charge in [-0.25, -0.2) is 0 Å². The molecule has 0 saturated carbocycles. The van der Waals surface area contributed by atoms with E-state index in [2.05, 4.69) is 32.0 Å². The SMILES string of the molecule is CC(C)C(N)CCC1COc2ccccc21. The number of rotatable bonds is 4. The Balaban J connectivity index is 1.93. The van der Waals surface area contributed by atoms with Gasteiger partial charge in [0, 0.05) is 17.5 Å². The van der Waals surface area contributed by atoms with E-state index in [9.17, 15) is 0 Å². The summed E-state index contributed by atoms with van der Waals surface area (Å²) in [6.07, 6.45) is 2.22. The maximum absolute atomic E-state index is 6.07. The van der Waals surface area contributed by atoms with Crippen LogP contribution in [0.1, 0.15) is 38.2 Å². The van der Waals surface area contributed by atoms with Crippen LogP contribution in [0, 0.1) is 5.92 Å². The van der Waals surface area contributed by atoms with Crippen molar-refractivity contribution < 1.29 is 4.74 Å². The van der Waals surface area contributed by atoms with Crippen molar-refractivity contribution in [3.05, 3.63) is 29.8 Å². The smallest absolute Gasteiger partial charge is 0.122 e. The topological polar surface area (TPSA) is 35.2 Å². The first kappa shape index (κ1) is 11.5. The molecule has 2 unspecified atom stereocenters. The predicted molar refractivity (Wildman–Crippen MR) is 66.7 cm³/mol. The number of fused-ring (bicyclic) bond motifs is 1. The molecule has 0 spiro atoms. The lowest BCUT2D eigenvalue weighted by Crippen LogP contribution is -2.26. The van der Waals surface area contributed by atoms with Crippen molar-refractivity contribution in [2.24, 2.45) is 11.7 Å². The van der Waals surface area contributed by atoms with Crippen molar-refractivity contribution >= 4 is 0 Å². The van der Waals surface area contributed by atoms with Gasteiger partial charge in [-0.05, 0) is 24.8 Å². The number of ether oxygens (including phenoxy) is 1. The summed E-state index contributed by atoms with van der Waals surface area (Å²) in [6, 6.07) is 8.66. The highest BCUT2D eigenvalue weighted by Gasteiger charge is 2.24. The number of nitrogens with two attached hydrogens (primary N) is 1. The number of hydrogen-bond acceptors (Lipinski definition) is 2. The van der Waals surface area contributed by atoms with Crippen molar-refractivity contribution in [2.75, 3.05) is 6.61 Å². The zero-order valence-corrected chi connectivity index (χ0v) is 10.1. The molecule has 88 valence electrons. The van der Waals surface area contributed by atoms with Gasteiger partial charge in [0.1, 0.15) is 5.75 Å². The van der Waals surface area contributed by atoms with Gasteiger partial charge in [-0.3, -0.25) is 0 Å². The number of hydrogen-bond donors (Lipinski definition) is 1. The van der Waals surface area contributed by atoms with Crippen molar-refractivity contribution in [1.82, 2.24) is 0 Å². The number of para-hydroxylation sites is 1. The molecule has 2 atom stereocenters. The maximum atomic E-state index is 6.07. The van der Waals surface area contributed by atoms with Crippen molar-refractivity contribution in [3.8, 4) is 5.75 Å². The van der Waals surface area contributed by atoms with Crippen LogP contribution in [0.5, 0.6) is 5.75 Å². The summed E-state index contributed by atoms with van der Waals surface area (Å²) >= 11 is 0. The van der Waals surface area contributed by atoms with Crippen LogP contribution in [-0.2, 0) is 0 Å². The summed E-state index contributed by atoms with van der Waals surface area (Å²) in [5.41, 5.74) is 7.43. The maximum Gasteiger partial charge on any atom is 0.122 e. The molecule has 0 radical (unpaired) electrons. The minimum Gasteiger partial charge on any atom is -0.493 e. The lowest BCUT2D eigenvalue weighted by molar-refractivity contribution is 0.315. The number of benzene rings is 1. The van der Waals surface area contributed by atoms with Gasteiger partial charge in [0.2, 0.25) is 0 Å². The fraction of sp³-hybridized carbons (Fsp3) is 0.571. The Kier molecular flexibility index (Phi) is 3.49. The zero-order chi connectivity index (χ0) is 11.5. The van der Waals surface area contributed by atoms with Crippen LogP contribution in [0.3, 0.4) is 0 Å². The first-order valence-electron chi connectivity index (χ1n) is 6.15. The lowest BCUT2D eigenvalue weighted by atomic mass is 9.91. The first-order valence-corrected chi connectivity index (χ1v) is 6.15. The minimum absolute atomic E-state index is 0.313. The summed E-state index contributed by atoms with van der Waals surface area (Å²) in [4.78, 5) is 0. The second kappa shape index (κ2) is 4.88. The summed E-state index contributed by atoms with van der Waals surface area (Å²) < 4.78 is 5.66. The Morgan fingerprint density at radius 1 is 1.38 bits per heavy atom. The molecule has 0 aromatic heterocycles. The van der Waals surface area contributed by atoms with E-state index < -0.39 is 0 Å². The van der Waals surface area contributed by atoms with E-state index in [0.29, 0.717) is 17.9 Å². The Labute approximate surface area is 97.8 Å². The largest absolute Gasteiger partial charge is 0.493 e. The van der Waals surface area contributed by atoms with E-state index in [0.717, 1.165) is 25.2 Å². The zero-order valence-electron chi connectivity index (χ0n) is 10.1. The average molecular weight is 219 g/mol. The Morgan fingerprint density at radius 3 is 2.88 bits per heavy atom. The molecule has 16 heavy (non-hydrogen) atoms. The summed E-state index contributed by atoms with van der Waals surface area (Å²) in [5.74, 6) is 2.17. The van der Waals surface area contributed by atoms with Gasteiger partial charge in [0.15, 0.2) is 0 Å². The monoisotopic (exact) mass is 219 g/mol. The van der Waals surface area contributed by atoms with Crippen molar-refractivity contribution in [1.29, 1.82) is 0 Å². The van der Waals surface area contributed by atoms with Crippen molar-refractivity contribution in [3.63, 3.8) is 0 Å². The van der Waals surface area contributed by atoms with Crippen LogP contribution in [-0.4, -0.2) is 12.6 Å². The normalized spacial score (nSPS) is 20.6. The van der Waals surface area contributed by atoms with Crippen LogP contribution in [0.4, 0.5) is 0 Å². The molecule has 0 fully saturated rings. The molecule has 1 heterocycles. The molecular formula is C14H21NO. The summed E-state index contributed by atoms with van der Waals surface area (Å²) in [7, 11) is 0. The molecular weight excluding hydrogens is 198 g/mol. The van der Waals surface area contributed by atoms with Gasteiger partial charge in [0.05, 0.1) is 6.61 Å². The van der Waals surface area contributed by atoms with Crippen LogP contribution >= 0.6 is 0 Å². The van der Waals surface area contributed by atoms with Gasteiger partial charge in [-0.1, -0.05) is 32.0 Å². The van der Waals surface area contributed by atoms with E-state index in [1.54, 1.807) is 0 Å². The fourth-order valence-electron chi connectivity index (χ4n) is 2.20. The molecule has 2 heteroatoms. The Bertz CT molecular complexity index is 348. The average Bonchev–Trinajstić information content (AvgIpc) is 2.69. The fourth-order valence-corrected chi connectivity index (χ4v) is 2.20. The van der Waals surface area contributed by atoms with Gasteiger partial charge in [0.25, 0.3) is 0 Å². The van der Waals surface area contributed by atoms with Crippen LogP contribution in [0.2, 0.25) is 0 Å². The third-order valence-corrected chi connectivity index (χ3v) is 3.50. The molecule has 2 rings (SSSR count). The lowest BCUT2D eigenvalue weighted by Gasteiger charge is -2.17. The van der Waals surface area contributed by atoms with E-state index in [1.807, 2.05) is 6.07 Å². The van der Waals surface area contributed by atoms with E-state index in [4.69, 9.17) is 10.5 Å². The van der Waals surface area contributed by atoms with E-state index >= 15 is 0 Å². The third kappa shape index (κ3) is 2.38. The van der Waals surface area contributed by atoms with Gasteiger partial charge in [-0.2, -0.15) is 0 Å². The third-order valence-electron chi connectivity index (χ3n) is 3.50. The molecule has 2 N–H and O–H groups in total. The van der Waals surface area contributed by atoms with Crippen LogP contribution in [0.15, 0.2) is 24.3 Å². The van der Waals surface area contributed by atoms with Gasteiger partial charge in [-0.15, -0.1) is 0 Å². The molecule has 0 bridgehead atoms. The van der Waals surface area contributed by atoms with E-state index in [-0.39, 0.29) is 0 Å². The standard InChI is InChI=1S/C14H21NO/c1-10(2)13(15)8-7-11-9-16-14-6-4-3-5-12(11)14/h3-6,10-11,13H,7-9,15H2,1-2H3. The minimum atomic E-state index is 0.313. The molecule has 0 saturated heterocycles. The molecule has 1 aromatic rings. The summed E-state index contributed by atoms with van der Waals surface area (Å²) in [6.45, 7) is 5.19. The highest BCUT2D eigenvalue weighted by Crippen LogP contribution is 2.36. The molecule has 0 amide bonds. The Morgan fingerprint density at radius 2 is 2.12 bits per heavy atom. The highest BCUT2D eigenvalue weighted by atomic mass is 16.5. The van der Waals surface area contributed by atoms with Gasteiger partial charge >= 0.3 is 0 Å². The van der Waals surface area contributed by atoms with Crippen molar-refractivity contribution in [2.45, 2.75) is 38.6 Å². The Hall–Kier alpha value is -1.02. The van der Waals surface area contributed by atoms with Crippen LogP contribution < -0.4 is 10.5 Å². The molecule has 1 aromatic carbocycles. The van der Waals surface area contributed by atoms with Crippen LogP contribution in [0.25, 0.3) is 0 Å². The summed E-state index contributed by atoms with van der Waals surface area (Å²) in [5, 5.41) is 0.